The highest BCUT2D eigenvalue weighted by Gasteiger charge is 2.35. The average Bonchev–Trinajstić information content (AvgIpc) is 3.54. The van der Waals surface area contributed by atoms with Crippen LogP contribution in [0.3, 0.4) is 0 Å². The van der Waals surface area contributed by atoms with E-state index in [1.54, 1.807) is 0 Å². The minimum Gasteiger partial charge on any atom is -0.228 e. The van der Waals surface area contributed by atoms with Gasteiger partial charge in [0.05, 0.1) is 11.4 Å². The van der Waals surface area contributed by atoms with Crippen molar-refractivity contribution in [2.24, 2.45) is 0 Å². The van der Waals surface area contributed by atoms with Gasteiger partial charge in [0.2, 0.25) is 0 Å². The lowest BCUT2D eigenvalue weighted by molar-refractivity contribution is 0.660. The van der Waals surface area contributed by atoms with Crippen LogP contribution in [0.5, 0.6) is 0 Å². The Balaban J connectivity index is 1.04. The lowest BCUT2D eigenvalue weighted by atomic mass is 9.82. The van der Waals surface area contributed by atoms with Crippen molar-refractivity contribution in [1.82, 2.24) is 9.97 Å². The topological polar surface area (TPSA) is 25.8 Å². The molecular weight excluding hydrogens is 713 g/mol. The third-order valence-electron chi connectivity index (χ3n) is 12.4. The number of benzene rings is 9. The molecule has 2 nitrogen and oxygen atoms in total. The van der Waals surface area contributed by atoms with Crippen LogP contribution in [0, 0.1) is 0 Å². The molecule has 0 bridgehead atoms. The monoisotopic (exact) mass is 752 g/mol. The van der Waals surface area contributed by atoms with Crippen LogP contribution in [0.25, 0.3) is 100.0 Å². The molecule has 1 aromatic heterocycles. The highest BCUT2D eigenvalue weighted by atomic mass is 14.9. The molecule has 0 atom stereocenters. The van der Waals surface area contributed by atoms with Gasteiger partial charge >= 0.3 is 0 Å². The summed E-state index contributed by atoms with van der Waals surface area (Å²) in [6, 6.07) is 74.4. The first-order valence-electron chi connectivity index (χ1n) is 20.4. The minimum absolute atomic E-state index is 0.0196. The molecule has 278 valence electrons. The number of hydrogen-bond donors (Lipinski definition) is 0. The molecule has 10 aromatic rings. The molecule has 0 amide bonds. The Bertz CT molecular complexity index is 3220. The van der Waals surface area contributed by atoms with Gasteiger partial charge in [0.1, 0.15) is 0 Å². The summed E-state index contributed by atoms with van der Waals surface area (Å²) in [6.45, 7) is 4.68. The molecule has 11 rings (SSSR count). The molecule has 1 aliphatic rings. The highest BCUT2D eigenvalue weighted by molar-refractivity contribution is 6.12. The lowest BCUT2D eigenvalue weighted by Crippen LogP contribution is -2.14. The van der Waals surface area contributed by atoms with Crippen LogP contribution in [0.15, 0.2) is 206 Å². The van der Waals surface area contributed by atoms with Gasteiger partial charge in [-0.25, -0.2) is 9.97 Å². The molecule has 59 heavy (non-hydrogen) atoms. The van der Waals surface area contributed by atoms with Gasteiger partial charge in [0.25, 0.3) is 0 Å². The second kappa shape index (κ2) is 13.9. The fourth-order valence-electron chi connectivity index (χ4n) is 9.34. The molecule has 2 heteroatoms. The fourth-order valence-corrected chi connectivity index (χ4v) is 9.34. The molecule has 9 aromatic carbocycles. The van der Waals surface area contributed by atoms with Crippen LogP contribution in [-0.2, 0) is 5.41 Å². The molecule has 1 heterocycles. The molecule has 0 radical (unpaired) electrons. The summed E-state index contributed by atoms with van der Waals surface area (Å²) in [4.78, 5) is 10.4. The first-order valence-corrected chi connectivity index (χ1v) is 20.4. The number of fused-ring (bicyclic) bond motifs is 5. The Kier molecular flexibility index (Phi) is 8.20. The van der Waals surface area contributed by atoms with Crippen molar-refractivity contribution in [2.75, 3.05) is 0 Å². The largest absolute Gasteiger partial charge is 0.228 e. The molecule has 0 spiro atoms. The van der Waals surface area contributed by atoms with Gasteiger partial charge in [-0.1, -0.05) is 208 Å². The fraction of sp³-hybridized carbons (Fsp3) is 0.0526. The summed E-state index contributed by atoms with van der Waals surface area (Å²) in [7, 11) is 0. The summed E-state index contributed by atoms with van der Waals surface area (Å²) in [5, 5.41) is 4.82. The van der Waals surface area contributed by atoms with E-state index in [9.17, 15) is 0 Å². The Labute approximate surface area is 345 Å². The quantitative estimate of drug-likeness (QED) is 0.169. The van der Waals surface area contributed by atoms with Crippen LogP contribution in [0.2, 0.25) is 0 Å². The number of rotatable bonds is 6. The molecule has 0 saturated heterocycles. The molecule has 0 N–H and O–H groups in total. The van der Waals surface area contributed by atoms with Crippen LogP contribution >= 0.6 is 0 Å². The Morgan fingerprint density at radius 1 is 0.288 bits per heavy atom. The Morgan fingerprint density at radius 3 is 1.42 bits per heavy atom. The van der Waals surface area contributed by atoms with E-state index in [-0.39, 0.29) is 5.41 Å². The SMILES string of the molecule is CC1(C)c2ccccc2-c2cc(-c3ccc(-c4ccc(-c5cc(-c6ccc(-c7ccccc7)cc6)nc(-c6ccccc6)n5)c5ccccc45)c4ccccc34)ccc21. The smallest absolute Gasteiger partial charge is 0.160 e. The minimum atomic E-state index is -0.0196. The van der Waals surface area contributed by atoms with E-state index < -0.39 is 0 Å². The van der Waals surface area contributed by atoms with Crippen LogP contribution in [-0.4, -0.2) is 9.97 Å². The summed E-state index contributed by atoms with van der Waals surface area (Å²) >= 11 is 0. The second-order valence-corrected chi connectivity index (χ2v) is 16.1. The van der Waals surface area contributed by atoms with Crippen LogP contribution in [0.1, 0.15) is 25.0 Å². The zero-order chi connectivity index (χ0) is 39.5. The van der Waals surface area contributed by atoms with Gasteiger partial charge in [0.15, 0.2) is 5.82 Å². The van der Waals surface area contributed by atoms with E-state index in [0.717, 1.165) is 33.5 Å². The molecule has 0 aliphatic heterocycles. The van der Waals surface area contributed by atoms with Gasteiger partial charge < -0.3 is 0 Å². The van der Waals surface area contributed by atoms with Gasteiger partial charge in [-0.2, -0.15) is 0 Å². The zero-order valence-electron chi connectivity index (χ0n) is 33.0. The predicted molar refractivity (Wildman–Crippen MR) is 247 cm³/mol. The van der Waals surface area contributed by atoms with Crippen molar-refractivity contribution < 1.29 is 0 Å². The van der Waals surface area contributed by atoms with E-state index in [1.165, 1.54) is 71.8 Å². The normalized spacial score (nSPS) is 12.7. The van der Waals surface area contributed by atoms with Gasteiger partial charge in [-0.3, -0.25) is 0 Å². The molecule has 0 unspecified atom stereocenters. The number of nitrogens with zero attached hydrogens (tertiary/aromatic N) is 2. The van der Waals surface area contributed by atoms with Crippen molar-refractivity contribution in [2.45, 2.75) is 19.3 Å². The third kappa shape index (κ3) is 5.87. The zero-order valence-corrected chi connectivity index (χ0v) is 33.0. The predicted octanol–water partition coefficient (Wildman–Crippen LogP) is 15.1. The first-order chi connectivity index (χ1) is 29.0. The number of aromatic nitrogens is 2. The van der Waals surface area contributed by atoms with E-state index in [0.29, 0.717) is 5.82 Å². The third-order valence-corrected chi connectivity index (χ3v) is 12.4. The van der Waals surface area contributed by atoms with E-state index in [2.05, 4.69) is 202 Å². The summed E-state index contributed by atoms with van der Waals surface area (Å²) in [6.07, 6.45) is 0. The second-order valence-electron chi connectivity index (χ2n) is 16.1. The molecule has 0 fully saturated rings. The van der Waals surface area contributed by atoms with Crippen molar-refractivity contribution in [3.63, 3.8) is 0 Å². The maximum Gasteiger partial charge on any atom is 0.160 e. The first kappa shape index (κ1) is 34.8. The van der Waals surface area contributed by atoms with Crippen molar-refractivity contribution in [1.29, 1.82) is 0 Å². The van der Waals surface area contributed by atoms with E-state index >= 15 is 0 Å². The van der Waals surface area contributed by atoms with Crippen LogP contribution < -0.4 is 0 Å². The lowest BCUT2D eigenvalue weighted by Gasteiger charge is -2.21. The Morgan fingerprint density at radius 2 is 0.746 bits per heavy atom. The maximum absolute atomic E-state index is 5.25. The van der Waals surface area contributed by atoms with Gasteiger partial charge in [0, 0.05) is 22.1 Å². The van der Waals surface area contributed by atoms with E-state index in [1.807, 2.05) is 18.2 Å². The standard InChI is InChI=1S/C57H40N2/c1-57(2)52-24-14-13-23-49(52)51-35-41(29-34-53(51)57)42-30-31-47(44-20-10-9-19-43(42)44)48-32-33-50(46-22-12-11-21-45(46)48)55-36-54(58-56(59-55)40-17-7-4-8-18-40)39-27-25-38(26-28-39)37-15-5-3-6-16-37/h3-36H,1-2H3. The van der Waals surface area contributed by atoms with Crippen molar-refractivity contribution in [3.05, 3.63) is 217 Å². The van der Waals surface area contributed by atoms with Crippen LogP contribution in [0.4, 0.5) is 0 Å². The maximum atomic E-state index is 5.25. The van der Waals surface area contributed by atoms with Crippen molar-refractivity contribution >= 4 is 21.5 Å². The molecular formula is C57H40N2. The average molecular weight is 753 g/mol. The summed E-state index contributed by atoms with van der Waals surface area (Å²) < 4.78 is 0. The van der Waals surface area contributed by atoms with Gasteiger partial charge in [-0.05, 0) is 89.3 Å². The number of hydrogen-bond acceptors (Lipinski definition) is 2. The van der Waals surface area contributed by atoms with Gasteiger partial charge in [-0.15, -0.1) is 0 Å². The van der Waals surface area contributed by atoms with E-state index in [4.69, 9.17) is 9.97 Å². The Hall–Kier alpha value is -7.42. The molecule has 0 saturated carbocycles. The molecule has 1 aliphatic carbocycles. The summed E-state index contributed by atoms with van der Waals surface area (Å²) in [5.41, 5.74) is 17.6. The van der Waals surface area contributed by atoms with Crippen molar-refractivity contribution in [3.8, 4) is 78.4 Å². The highest BCUT2D eigenvalue weighted by Crippen LogP contribution is 2.50. The summed E-state index contributed by atoms with van der Waals surface area (Å²) in [5.74, 6) is 0.707.